The summed E-state index contributed by atoms with van der Waals surface area (Å²) in [6, 6.07) is 0. The Morgan fingerprint density at radius 2 is 1.02 bits per heavy atom. The van der Waals surface area contributed by atoms with Gasteiger partial charge in [-0.05, 0) is 66.2 Å². The molecule has 0 radical (unpaired) electrons. The number of hydrogen-bond acceptors (Lipinski definition) is 10. The predicted molar refractivity (Wildman–Crippen MR) is 215 cm³/mol. The number of carboxylic acid groups (broad SMARTS) is 8. The fourth-order valence-electron chi connectivity index (χ4n) is 9.22. The lowest BCUT2D eigenvalue weighted by atomic mass is 9.68. The molecule has 5 heterocycles. The van der Waals surface area contributed by atoms with Gasteiger partial charge in [0, 0.05) is 100 Å². The molecule has 4 atom stereocenters. The number of aliphatic carboxylic acids is 8. The first-order chi connectivity index (χ1) is 29.0. The monoisotopic (exact) mass is 864 g/mol. The molecule has 0 aromatic carbocycles. The van der Waals surface area contributed by atoms with Crippen molar-refractivity contribution in [1.29, 1.82) is 0 Å². The largest absolute Gasteiger partial charge is 0.481 e. The molecule has 20 heteroatoms. The highest BCUT2D eigenvalue weighted by Crippen LogP contribution is 2.53. The SMILES string of the molecule is CC1(CC(=O)O)C2=N/C(=C\c3[nH]c(c(CCC(=O)O)c3CC(=O)O)Cc3[nH]c(c(CC(=O)O)c3CCC(=O)O)/C=C3\NC(=C2)C(CCC(=O)O)C3(C)CC(=O)O)C1CCC(=O)O. The van der Waals surface area contributed by atoms with Crippen molar-refractivity contribution in [3.05, 3.63) is 68.2 Å². The van der Waals surface area contributed by atoms with E-state index in [1.807, 2.05) is 0 Å². The first-order valence-electron chi connectivity index (χ1n) is 19.7. The molecule has 2 aromatic heterocycles. The van der Waals surface area contributed by atoms with Gasteiger partial charge in [-0.2, -0.15) is 0 Å². The molecule has 0 amide bonds. The molecule has 2 aromatic rings. The zero-order valence-electron chi connectivity index (χ0n) is 33.9. The van der Waals surface area contributed by atoms with Gasteiger partial charge in [-0.25, -0.2) is 0 Å². The summed E-state index contributed by atoms with van der Waals surface area (Å²) < 4.78 is 0. The van der Waals surface area contributed by atoms with Crippen LogP contribution in [0, 0.1) is 22.7 Å². The van der Waals surface area contributed by atoms with Crippen molar-refractivity contribution >= 4 is 65.6 Å². The fourth-order valence-corrected chi connectivity index (χ4v) is 9.22. The van der Waals surface area contributed by atoms with Crippen molar-refractivity contribution in [2.24, 2.45) is 27.7 Å². The van der Waals surface area contributed by atoms with Gasteiger partial charge in [0.25, 0.3) is 0 Å². The van der Waals surface area contributed by atoms with E-state index < -0.39 is 122 Å². The van der Waals surface area contributed by atoms with Crippen LogP contribution in [0.2, 0.25) is 0 Å². The van der Waals surface area contributed by atoms with E-state index in [0.717, 1.165) is 0 Å². The highest BCUT2D eigenvalue weighted by atomic mass is 16.4. The maximum Gasteiger partial charge on any atom is 0.307 e. The summed E-state index contributed by atoms with van der Waals surface area (Å²) in [5.41, 5.74) is -0.495. The van der Waals surface area contributed by atoms with Crippen LogP contribution in [0.1, 0.15) is 110 Å². The number of carboxylic acids is 8. The zero-order chi connectivity index (χ0) is 45.8. The van der Waals surface area contributed by atoms with Crippen LogP contribution in [0.4, 0.5) is 0 Å². The molecule has 0 saturated carbocycles. The number of carbonyl (C=O) groups is 8. The number of nitrogens with one attached hydrogen (secondary N) is 3. The normalized spacial score (nSPS) is 23.2. The van der Waals surface area contributed by atoms with E-state index in [9.17, 15) is 79.2 Å². The second-order valence-corrected chi connectivity index (χ2v) is 16.3. The minimum Gasteiger partial charge on any atom is -0.481 e. The topological polar surface area (TPSA) is 354 Å². The quantitative estimate of drug-likeness (QED) is 0.0902. The summed E-state index contributed by atoms with van der Waals surface area (Å²) in [4.78, 5) is 109. The first-order valence-corrected chi connectivity index (χ1v) is 19.7. The van der Waals surface area contributed by atoms with Gasteiger partial charge in [0.1, 0.15) is 0 Å². The summed E-state index contributed by atoms with van der Waals surface area (Å²) in [5.74, 6) is -11.8. The molecule has 11 N–H and O–H groups in total. The van der Waals surface area contributed by atoms with E-state index in [1.54, 1.807) is 13.8 Å². The van der Waals surface area contributed by atoms with Gasteiger partial charge in [-0.3, -0.25) is 43.3 Å². The van der Waals surface area contributed by atoms with Gasteiger partial charge in [-0.15, -0.1) is 0 Å². The predicted octanol–water partition coefficient (Wildman–Crippen LogP) is 3.78. The molecule has 0 spiro atoms. The number of aromatic nitrogens is 2. The van der Waals surface area contributed by atoms with Gasteiger partial charge in [0.2, 0.25) is 0 Å². The number of aliphatic imine (C=N–C) groups is 1. The third-order valence-corrected chi connectivity index (χ3v) is 12.1. The van der Waals surface area contributed by atoms with Crippen LogP contribution >= 0.6 is 0 Å². The van der Waals surface area contributed by atoms with Gasteiger partial charge in [0.15, 0.2) is 0 Å². The molecule has 5 rings (SSSR count). The van der Waals surface area contributed by atoms with Crippen LogP contribution in [-0.4, -0.2) is 104 Å². The lowest BCUT2D eigenvalue weighted by molar-refractivity contribution is -0.140. The van der Waals surface area contributed by atoms with Crippen LogP contribution in [0.25, 0.3) is 12.2 Å². The zero-order valence-corrected chi connectivity index (χ0v) is 33.9. The van der Waals surface area contributed by atoms with E-state index in [4.69, 9.17) is 4.99 Å². The average Bonchev–Trinajstić information content (AvgIpc) is 3.77. The number of aromatic amines is 2. The van der Waals surface area contributed by atoms with Crippen molar-refractivity contribution in [2.75, 3.05) is 0 Å². The van der Waals surface area contributed by atoms with Crippen LogP contribution in [0.15, 0.2) is 28.2 Å². The second kappa shape index (κ2) is 18.3. The maximum absolute atomic E-state index is 12.6. The summed E-state index contributed by atoms with van der Waals surface area (Å²) in [7, 11) is 0. The van der Waals surface area contributed by atoms with Crippen molar-refractivity contribution < 1.29 is 79.2 Å². The van der Waals surface area contributed by atoms with Crippen LogP contribution < -0.4 is 5.32 Å². The van der Waals surface area contributed by atoms with Crippen molar-refractivity contribution in [2.45, 2.75) is 97.3 Å². The summed E-state index contributed by atoms with van der Waals surface area (Å²) in [6.07, 6.45) is -0.580. The molecule has 332 valence electrons. The average molecular weight is 865 g/mol. The molecule has 8 bridgehead atoms. The Kier molecular flexibility index (Phi) is 13.6. The van der Waals surface area contributed by atoms with E-state index in [0.29, 0.717) is 0 Å². The molecular weight excluding hydrogens is 816 g/mol. The third-order valence-electron chi connectivity index (χ3n) is 12.1. The fraction of sp³-hybridized carbons (Fsp3) is 0.452. The Bertz CT molecular complexity index is 2360. The molecule has 3 aliphatic rings. The second-order valence-electron chi connectivity index (χ2n) is 16.3. The molecular formula is C42H48N4O16. The Hall–Kier alpha value is -6.99. The van der Waals surface area contributed by atoms with E-state index >= 15 is 0 Å². The summed E-state index contributed by atoms with van der Waals surface area (Å²) >= 11 is 0. The number of rotatable bonds is 20. The smallest absolute Gasteiger partial charge is 0.307 e. The van der Waals surface area contributed by atoms with E-state index in [1.165, 1.54) is 18.2 Å². The molecule has 0 aliphatic carbocycles. The molecule has 62 heavy (non-hydrogen) atoms. The summed E-state index contributed by atoms with van der Waals surface area (Å²) in [5, 5.41) is 83.0. The Morgan fingerprint density at radius 1 is 0.565 bits per heavy atom. The lowest BCUT2D eigenvalue weighted by Gasteiger charge is -2.32. The van der Waals surface area contributed by atoms with Gasteiger partial charge < -0.3 is 56.1 Å². The minimum atomic E-state index is -1.46. The van der Waals surface area contributed by atoms with Crippen LogP contribution in [0.3, 0.4) is 0 Å². The standard InChI is InChI=1S/C42H48N4O16/c1-41(17-39(59)60)23(5-9-35(51)52)29-14-27-21(11-37(55)56)19(3-7-33(47)48)25(43-27)13-26-20(4-8-34(49)50)22(12-38(57)58)28(44-26)15-31-42(2,18-40(61)62)24(6-10-36(53)54)30(46-31)16-32(41)45-29/h14-16,23-24,43-44,46H,3-13,17-18H2,1-2H3,(H,47,48)(H,49,50)(H,51,52)(H,53,54)(H,55,56)(H,57,58)(H,59,60)(H,61,62)/b29-14-,30-16?,31-15-. The number of fused-ring (bicyclic) bond motifs is 7. The highest BCUT2D eigenvalue weighted by molar-refractivity contribution is 6.05. The number of H-pyrrole nitrogens is 2. The molecule has 3 aliphatic heterocycles. The lowest BCUT2D eigenvalue weighted by Crippen LogP contribution is -2.34. The Balaban J connectivity index is 1.97. The third kappa shape index (κ3) is 10.1. The summed E-state index contributed by atoms with van der Waals surface area (Å²) in [6.45, 7) is 3.15. The van der Waals surface area contributed by atoms with Crippen molar-refractivity contribution in [3.63, 3.8) is 0 Å². The molecule has 1 saturated heterocycles. The number of nitrogens with zero attached hydrogens (tertiary/aromatic N) is 1. The van der Waals surface area contributed by atoms with Crippen molar-refractivity contribution in [1.82, 2.24) is 15.3 Å². The molecule has 1 fully saturated rings. The number of allylic oxidation sites excluding steroid dienone is 4. The maximum atomic E-state index is 12.6. The molecule has 4 unspecified atom stereocenters. The first kappa shape index (κ1) is 46.1. The molecule has 20 nitrogen and oxygen atoms in total. The van der Waals surface area contributed by atoms with Gasteiger partial charge in [-0.1, -0.05) is 13.8 Å². The van der Waals surface area contributed by atoms with Crippen LogP contribution in [0.5, 0.6) is 0 Å². The van der Waals surface area contributed by atoms with Crippen molar-refractivity contribution in [3.8, 4) is 0 Å². The highest BCUT2D eigenvalue weighted by Gasteiger charge is 2.51. The van der Waals surface area contributed by atoms with Gasteiger partial charge >= 0.3 is 47.8 Å². The minimum absolute atomic E-state index is 0.109. The Morgan fingerprint density at radius 3 is 1.47 bits per heavy atom. The van der Waals surface area contributed by atoms with Crippen LogP contribution in [-0.2, 0) is 70.5 Å². The number of hydrogen-bond donors (Lipinski definition) is 11. The van der Waals surface area contributed by atoms with Gasteiger partial charge in [0.05, 0.1) is 25.7 Å². The van der Waals surface area contributed by atoms with E-state index in [-0.39, 0.29) is 99.9 Å². The Labute approximate surface area is 352 Å². The van der Waals surface area contributed by atoms with E-state index in [2.05, 4.69) is 15.3 Å².